The van der Waals surface area contributed by atoms with Gasteiger partial charge in [-0.1, -0.05) is 94.3 Å². The van der Waals surface area contributed by atoms with Crippen LogP contribution in [0.4, 0.5) is 0 Å². The van der Waals surface area contributed by atoms with Crippen molar-refractivity contribution in [2.24, 2.45) is 5.92 Å². The molecular weight excluding hydrogens is 434 g/mol. The number of unbranched alkanes of at least 4 members (excludes halogenated alkanes) is 7. The van der Waals surface area contributed by atoms with Crippen molar-refractivity contribution >= 4 is 5.97 Å². The molecule has 2 aromatic rings. The lowest BCUT2D eigenvalue weighted by atomic mass is 10.0. The molecule has 1 atom stereocenters. The van der Waals surface area contributed by atoms with Gasteiger partial charge in [0, 0.05) is 5.56 Å². The number of quaternary nitrogens is 1. The molecule has 2 rings (SSSR count). The first-order chi connectivity index (χ1) is 16.9. The standard InChI is InChI=1S/C31H48NO3/c1-5-6-7-8-9-10-11-13-17-28-20-16-21-30(24-28)34-22-23-35-31(33)27(2)25-32(3,4)26-29-18-14-12-15-19-29/h12,14-16,18-21,24,27H,5-11,13,17,22-23,25-26H2,1-4H3/q+1. The predicted octanol–water partition coefficient (Wildman–Crippen LogP) is 7.20. The van der Waals surface area contributed by atoms with E-state index in [2.05, 4.69) is 63.5 Å². The van der Waals surface area contributed by atoms with Crippen molar-refractivity contribution in [2.45, 2.75) is 78.2 Å². The first kappa shape index (κ1) is 28.9. The van der Waals surface area contributed by atoms with Gasteiger partial charge in [-0.05, 0) is 37.5 Å². The number of esters is 1. The fourth-order valence-electron chi connectivity index (χ4n) is 4.66. The van der Waals surface area contributed by atoms with Gasteiger partial charge >= 0.3 is 5.97 Å². The summed E-state index contributed by atoms with van der Waals surface area (Å²) in [4.78, 5) is 12.5. The second-order valence-corrected chi connectivity index (χ2v) is 10.6. The van der Waals surface area contributed by atoms with Crippen LogP contribution in [0.3, 0.4) is 0 Å². The van der Waals surface area contributed by atoms with Crippen LogP contribution in [0.2, 0.25) is 0 Å². The summed E-state index contributed by atoms with van der Waals surface area (Å²) < 4.78 is 12.1. The Hall–Kier alpha value is -2.33. The summed E-state index contributed by atoms with van der Waals surface area (Å²) in [6.07, 6.45) is 11.8. The number of benzene rings is 2. The van der Waals surface area contributed by atoms with Crippen LogP contribution < -0.4 is 4.74 Å². The topological polar surface area (TPSA) is 35.5 Å². The summed E-state index contributed by atoms with van der Waals surface area (Å²) >= 11 is 0. The van der Waals surface area contributed by atoms with E-state index in [1.54, 1.807) is 0 Å². The van der Waals surface area contributed by atoms with E-state index in [1.807, 2.05) is 19.1 Å². The average Bonchev–Trinajstić information content (AvgIpc) is 2.83. The highest BCUT2D eigenvalue weighted by atomic mass is 16.6. The minimum Gasteiger partial charge on any atom is -0.490 e. The van der Waals surface area contributed by atoms with Gasteiger partial charge in [-0.15, -0.1) is 0 Å². The van der Waals surface area contributed by atoms with Gasteiger partial charge in [-0.2, -0.15) is 0 Å². The maximum absolute atomic E-state index is 12.5. The highest BCUT2D eigenvalue weighted by Crippen LogP contribution is 2.17. The minimum atomic E-state index is -0.163. The molecule has 0 aromatic heterocycles. The first-order valence-electron chi connectivity index (χ1n) is 13.6. The number of hydrogen-bond acceptors (Lipinski definition) is 3. The molecule has 0 saturated carbocycles. The molecule has 0 amide bonds. The Bertz CT molecular complexity index is 834. The second-order valence-electron chi connectivity index (χ2n) is 10.6. The third kappa shape index (κ3) is 12.8. The molecule has 0 heterocycles. The van der Waals surface area contributed by atoms with Crippen LogP contribution in [0.15, 0.2) is 54.6 Å². The molecule has 2 aromatic carbocycles. The summed E-state index contributed by atoms with van der Waals surface area (Å²) in [5.41, 5.74) is 2.59. The van der Waals surface area contributed by atoms with Gasteiger partial charge in [0.25, 0.3) is 0 Å². The molecule has 0 N–H and O–H groups in total. The molecule has 0 radical (unpaired) electrons. The molecule has 0 saturated heterocycles. The molecule has 1 unspecified atom stereocenters. The van der Waals surface area contributed by atoms with Crippen LogP contribution in [0, 0.1) is 5.92 Å². The third-order valence-corrected chi connectivity index (χ3v) is 6.44. The second kappa shape index (κ2) is 16.4. The SMILES string of the molecule is CCCCCCCCCCc1cccc(OCCOC(=O)C(C)C[N+](C)(C)Cc2ccccc2)c1. The van der Waals surface area contributed by atoms with E-state index in [9.17, 15) is 4.79 Å². The number of ether oxygens (including phenoxy) is 2. The monoisotopic (exact) mass is 482 g/mol. The van der Waals surface area contributed by atoms with Crippen molar-refractivity contribution in [3.63, 3.8) is 0 Å². The van der Waals surface area contributed by atoms with E-state index < -0.39 is 0 Å². The summed E-state index contributed by atoms with van der Waals surface area (Å²) in [5, 5.41) is 0. The maximum atomic E-state index is 12.5. The van der Waals surface area contributed by atoms with Gasteiger partial charge in [-0.25, -0.2) is 0 Å². The predicted molar refractivity (Wildman–Crippen MR) is 145 cm³/mol. The van der Waals surface area contributed by atoms with Crippen molar-refractivity contribution in [1.29, 1.82) is 0 Å². The summed E-state index contributed by atoms with van der Waals surface area (Å²) in [5.74, 6) is 0.534. The number of carbonyl (C=O) groups excluding carboxylic acids is 1. The number of aryl methyl sites for hydroxylation is 1. The van der Waals surface area contributed by atoms with Crippen molar-refractivity contribution in [3.8, 4) is 5.75 Å². The molecule has 4 heteroatoms. The van der Waals surface area contributed by atoms with E-state index in [0.29, 0.717) is 6.61 Å². The quantitative estimate of drug-likeness (QED) is 0.128. The van der Waals surface area contributed by atoms with Gasteiger partial charge in [0.05, 0.1) is 20.6 Å². The lowest BCUT2D eigenvalue weighted by Crippen LogP contribution is -2.44. The van der Waals surface area contributed by atoms with E-state index in [4.69, 9.17) is 9.47 Å². The molecule has 0 bridgehead atoms. The largest absolute Gasteiger partial charge is 0.490 e. The van der Waals surface area contributed by atoms with Crippen molar-refractivity contribution in [3.05, 3.63) is 65.7 Å². The zero-order valence-electron chi connectivity index (χ0n) is 22.6. The number of hydrogen-bond donors (Lipinski definition) is 0. The molecule has 194 valence electrons. The molecule has 0 spiro atoms. The van der Waals surface area contributed by atoms with Crippen LogP contribution in [-0.4, -0.2) is 44.3 Å². The van der Waals surface area contributed by atoms with E-state index in [-0.39, 0.29) is 18.5 Å². The van der Waals surface area contributed by atoms with E-state index in [0.717, 1.165) is 29.7 Å². The minimum absolute atomic E-state index is 0.156. The van der Waals surface area contributed by atoms with Gasteiger partial charge in [-0.3, -0.25) is 4.79 Å². The Morgan fingerprint density at radius 1 is 0.829 bits per heavy atom. The smallest absolute Gasteiger partial charge is 0.314 e. The molecule has 0 fully saturated rings. The van der Waals surface area contributed by atoms with Crippen LogP contribution in [0.25, 0.3) is 0 Å². The van der Waals surface area contributed by atoms with E-state index in [1.165, 1.54) is 62.5 Å². The van der Waals surface area contributed by atoms with Crippen LogP contribution >= 0.6 is 0 Å². The summed E-state index contributed by atoms with van der Waals surface area (Å²) in [7, 11) is 4.31. The van der Waals surface area contributed by atoms with Crippen LogP contribution in [0.5, 0.6) is 5.75 Å². The van der Waals surface area contributed by atoms with Gasteiger partial charge in [0.15, 0.2) is 0 Å². The Labute approximate surface area is 214 Å². The van der Waals surface area contributed by atoms with Crippen molar-refractivity contribution in [2.75, 3.05) is 33.9 Å². The normalized spacial score (nSPS) is 12.3. The molecule has 0 aliphatic rings. The number of carbonyl (C=O) groups is 1. The van der Waals surface area contributed by atoms with Gasteiger partial charge in [0.2, 0.25) is 0 Å². The molecule has 35 heavy (non-hydrogen) atoms. The van der Waals surface area contributed by atoms with Crippen molar-refractivity contribution in [1.82, 2.24) is 0 Å². The fraction of sp³-hybridized carbons (Fsp3) is 0.581. The zero-order valence-corrected chi connectivity index (χ0v) is 22.6. The molecule has 0 aliphatic heterocycles. The Morgan fingerprint density at radius 3 is 2.20 bits per heavy atom. The lowest BCUT2D eigenvalue weighted by molar-refractivity contribution is -0.905. The summed E-state index contributed by atoms with van der Waals surface area (Å²) in [6, 6.07) is 18.7. The number of rotatable bonds is 18. The molecular formula is C31H48NO3+. The van der Waals surface area contributed by atoms with Gasteiger partial charge in [0.1, 0.15) is 31.4 Å². The lowest BCUT2D eigenvalue weighted by Gasteiger charge is -2.31. The number of nitrogens with zero attached hydrogens (tertiary/aromatic N) is 1. The molecule has 0 aliphatic carbocycles. The van der Waals surface area contributed by atoms with E-state index >= 15 is 0 Å². The average molecular weight is 483 g/mol. The van der Waals surface area contributed by atoms with Crippen LogP contribution in [-0.2, 0) is 22.5 Å². The Morgan fingerprint density at radius 2 is 1.49 bits per heavy atom. The van der Waals surface area contributed by atoms with Crippen molar-refractivity contribution < 1.29 is 18.8 Å². The highest BCUT2D eigenvalue weighted by molar-refractivity contribution is 5.72. The Balaban J connectivity index is 1.62. The fourth-order valence-corrected chi connectivity index (χ4v) is 4.66. The maximum Gasteiger partial charge on any atom is 0.314 e. The van der Waals surface area contributed by atoms with Gasteiger partial charge < -0.3 is 14.0 Å². The highest BCUT2D eigenvalue weighted by Gasteiger charge is 2.25. The Kier molecular flexibility index (Phi) is 13.5. The third-order valence-electron chi connectivity index (χ3n) is 6.44. The van der Waals surface area contributed by atoms with Crippen LogP contribution in [0.1, 0.15) is 76.3 Å². The molecule has 4 nitrogen and oxygen atoms in total. The zero-order chi connectivity index (χ0) is 25.4. The first-order valence-corrected chi connectivity index (χ1v) is 13.6. The summed E-state index contributed by atoms with van der Waals surface area (Å²) in [6.45, 7) is 6.48.